The molecule has 3 heteroatoms. The molecule has 1 aliphatic carbocycles. The summed E-state index contributed by atoms with van der Waals surface area (Å²) in [5.41, 5.74) is 2.62. The van der Waals surface area contributed by atoms with E-state index in [0.29, 0.717) is 6.61 Å². The van der Waals surface area contributed by atoms with Crippen LogP contribution in [0.15, 0.2) is 24.3 Å². The summed E-state index contributed by atoms with van der Waals surface area (Å²) in [6, 6.07) is 8.54. The molecule has 1 atom stereocenters. The van der Waals surface area contributed by atoms with Crippen LogP contribution in [0.2, 0.25) is 0 Å². The Kier molecular flexibility index (Phi) is 6.02. The Morgan fingerprint density at radius 1 is 1.20 bits per heavy atom. The smallest absolute Gasteiger partial charge is 0.0528 e. The van der Waals surface area contributed by atoms with Crippen molar-refractivity contribution >= 4 is 0 Å². The average molecular weight is 278 g/mol. The Bertz CT molecular complexity index is 405. The molecule has 0 aromatic heterocycles. The zero-order valence-electron chi connectivity index (χ0n) is 12.4. The molecule has 3 nitrogen and oxygen atoms in total. The van der Waals surface area contributed by atoms with Gasteiger partial charge in [0.1, 0.15) is 0 Å². The molecule has 1 aliphatic rings. The summed E-state index contributed by atoms with van der Waals surface area (Å²) in [5, 5.41) is 9.95. The first-order valence-corrected chi connectivity index (χ1v) is 7.58. The lowest BCUT2D eigenvalue weighted by Crippen LogP contribution is -2.36. The molecule has 0 heterocycles. The first kappa shape index (κ1) is 15.5. The van der Waals surface area contributed by atoms with E-state index in [1.165, 1.54) is 11.1 Å². The molecular weight excluding hydrogens is 252 g/mol. The van der Waals surface area contributed by atoms with Crippen LogP contribution < -0.4 is 0 Å². The molecule has 2 rings (SSSR count). The normalized spacial score (nSPS) is 21.7. The van der Waals surface area contributed by atoms with Gasteiger partial charge < -0.3 is 14.6 Å². The van der Waals surface area contributed by atoms with Crippen molar-refractivity contribution in [2.45, 2.75) is 37.5 Å². The van der Waals surface area contributed by atoms with Crippen molar-refractivity contribution in [1.82, 2.24) is 0 Å². The summed E-state index contributed by atoms with van der Waals surface area (Å²) >= 11 is 0. The predicted octanol–water partition coefficient (Wildman–Crippen LogP) is 2.70. The van der Waals surface area contributed by atoms with Gasteiger partial charge in [-0.2, -0.15) is 0 Å². The largest absolute Gasteiger partial charge is 0.395 e. The van der Waals surface area contributed by atoms with Gasteiger partial charge in [-0.1, -0.05) is 24.3 Å². The number of aryl methyl sites for hydroxylation is 1. The highest BCUT2D eigenvalue weighted by molar-refractivity contribution is 5.37. The van der Waals surface area contributed by atoms with Gasteiger partial charge in [-0.25, -0.2) is 0 Å². The van der Waals surface area contributed by atoms with Gasteiger partial charge in [0.15, 0.2) is 0 Å². The minimum atomic E-state index is -0.101. The standard InChI is InChI=1S/C17H26O3/c1-19-11-5-12-20-13-10-17(14-18)9-4-7-15-6-2-3-8-16(15)17/h2-3,6,8,18H,4-5,7,9-14H2,1H3. The molecule has 0 radical (unpaired) electrons. The summed E-state index contributed by atoms with van der Waals surface area (Å²) in [5.74, 6) is 0. The van der Waals surface area contributed by atoms with Crippen molar-refractivity contribution in [3.05, 3.63) is 35.4 Å². The van der Waals surface area contributed by atoms with Crippen molar-refractivity contribution in [3.63, 3.8) is 0 Å². The van der Waals surface area contributed by atoms with Gasteiger partial charge in [-0.3, -0.25) is 0 Å². The lowest BCUT2D eigenvalue weighted by molar-refractivity contribution is 0.0719. The van der Waals surface area contributed by atoms with Crippen molar-refractivity contribution in [1.29, 1.82) is 0 Å². The fraction of sp³-hybridized carbons (Fsp3) is 0.647. The van der Waals surface area contributed by atoms with Crippen LogP contribution in [-0.2, 0) is 21.3 Å². The fourth-order valence-corrected chi connectivity index (χ4v) is 3.19. The van der Waals surface area contributed by atoms with Gasteiger partial charge in [-0.15, -0.1) is 0 Å². The van der Waals surface area contributed by atoms with Crippen molar-refractivity contribution in [2.75, 3.05) is 33.5 Å². The first-order valence-electron chi connectivity index (χ1n) is 7.58. The molecule has 0 amide bonds. The lowest BCUT2D eigenvalue weighted by atomic mass is 9.68. The van der Waals surface area contributed by atoms with Crippen LogP contribution in [0.4, 0.5) is 0 Å². The topological polar surface area (TPSA) is 38.7 Å². The second-order valence-electron chi connectivity index (χ2n) is 5.66. The number of benzene rings is 1. The van der Waals surface area contributed by atoms with E-state index < -0.39 is 0 Å². The van der Waals surface area contributed by atoms with E-state index >= 15 is 0 Å². The maximum absolute atomic E-state index is 9.95. The first-order chi connectivity index (χ1) is 9.82. The zero-order chi connectivity index (χ0) is 14.3. The van der Waals surface area contributed by atoms with Gasteiger partial charge in [0.05, 0.1) is 6.61 Å². The van der Waals surface area contributed by atoms with Gasteiger partial charge >= 0.3 is 0 Å². The van der Waals surface area contributed by atoms with Crippen molar-refractivity contribution in [2.24, 2.45) is 0 Å². The quantitative estimate of drug-likeness (QED) is 0.743. The molecule has 1 aromatic carbocycles. The van der Waals surface area contributed by atoms with Crippen LogP contribution in [0.25, 0.3) is 0 Å². The van der Waals surface area contributed by atoms with Crippen molar-refractivity contribution in [3.8, 4) is 0 Å². The van der Waals surface area contributed by atoms with Gasteiger partial charge in [0, 0.05) is 32.3 Å². The fourth-order valence-electron chi connectivity index (χ4n) is 3.19. The van der Waals surface area contributed by atoms with Crippen LogP contribution in [-0.4, -0.2) is 38.6 Å². The Morgan fingerprint density at radius 2 is 2.05 bits per heavy atom. The summed E-state index contributed by atoms with van der Waals surface area (Å²) in [6.45, 7) is 2.40. The van der Waals surface area contributed by atoms with Crippen LogP contribution >= 0.6 is 0 Å². The van der Waals surface area contributed by atoms with E-state index in [2.05, 4.69) is 24.3 Å². The molecule has 0 saturated heterocycles. The molecule has 0 spiro atoms. The maximum Gasteiger partial charge on any atom is 0.0528 e. The zero-order valence-corrected chi connectivity index (χ0v) is 12.4. The molecule has 0 aliphatic heterocycles. The highest BCUT2D eigenvalue weighted by Crippen LogP contribution is 2.39. The molecule has 1 N–H and O–H groups in total. The maximum atomic E-state index is 9.95. The highest BCUT2D eigenvalue weighted by atomic mass is 16.5. The van der Waals surface area contributed by atoms with E-state index in [-0.39, 0.29) is 12.0 Å². The molecule has 20 heavy (non-hydrogen) atoms. The van der Waals surface area contributed by atoms with E-state index in [9.17, 15) is 5.11 Å². The molecule has 0 fully saturated rings. The monoisotopic (exact) mass is 278 g/mol. The van der Waals surface area contributed by atoms with Gasteiger partial charge in [0.25, 0.3) is 0 Å². The Labute approximate surface area is 121 Å². The number of hydrogen-bond donors (Lipinski definition) is 1. The number of aliphatic hydroxyl groups is 1. The minimum Gasteiger partial charge on any atom is -0.395 e. The molecule has 112 valence electrons. The number of fused-ring (bicyclic) bond motifs is 1. The Morgan fingerprint density at radius 3 is 2.85 bits per heavy atom. The van der Waals surface area contributed by atoms with E-state index in [0.717, 1.165) is 45.3 Å². The number of hydrogen-bond acceptors (Lipinski definition) is 3. The summed E-state index contributed by atoms with van der Waals surface area (Å²) in [6.07, 6.45) is 5.17. The second kappa shape index (κ2) is 7.77. The third-order valence-corrected chi connectivity index (χ3v) is 4.35. The second-order valence-corrected chi connectivity index (χ2v) is 5.66. The van der Waals surface area contributed by atoms with Gasteiger partial charge in [0.2, 0.25) is 0 Å². The highest BCUT2D eigenvalue weighted by Gasteiger charge is 2.35. The third kappa shape index (κ3) is 3.60. The van der Waals surface area contributed by atoms with E-state index in [1.54, 1.807) is 7.11 Å². The molecular formula is C17H26O3. The SMILES string of the molecule is COCCCOCCC1(CO)CCCc2ccccc21. The van der Waals surface area contributed by atoms with E-state index in [4.69, 9.17) is 9.47 Å². The number of methoxy groups -OCH3 is 1. The number of aliphatic hydroxyl groups excluding tert-OH is 1. The average Bonchev–Trinajstić information content (AvgIpc) is 2.51. The Balaban J connectivity index is 1.93. The number of rotatable bonds is 8. The summed E-state index contributed by atoms with van der Waals surface area (Å²) in [4.78, 5) is 0. The molecule has 1 aromatic rings. The third-order valence-electron chi connectivity index (χ3n) is 4.35. The van der Waals surface area contributed by atoms with Crippen LogP contribution in [0.1, 0.15) is 36.8 Å². The Hall–Kier alpha value is -0.900. The van der Waals surface area contributed by atoms with E-state index in [1.807, 2.05) is 0 Å². The molecule has 1 unspecified atom stereocenters. The predicted molar refractivity (Wildman–Crippen MR) is 80.1 cm³/mol. The van der Waals surface area contributed by atoms with Gasteiger partial charge in [-0.05, 0) is 43.2 Å². The minimum absolute atomic E-state index is 0.101. The van der Waals surface area contributed by atoms with Crippen molar-refractivity contribution < 1.29 is 14.6 Å². The van der Waals surface area contributed by atoms with Crippen LogP contribution in [0.3, 0.4) is 0 Å². The number of ether oxygens (including phenoxy) is 2. The molecule has 0 saturated carbocycles. The lowest BCUT2D eigenvalue weighted by Gasteiger charge is -2.38. The summed E-state index contributed by atoms with van der Waals surface area (Å²) in [7, 11) is 1.71. The summed E-state index contributed by atoms with van der Waals surface area (Å²) < 4.78 is 10.7. The molecule has 0 bridgehead atoms. The van der Waals surface area contributed by atoms with Crippen LogP contribution in [0.5, 0.6) is 0 Å². The van der Waals surface area contributed by atoms with Crippen LogP contribution in [0, 0.1) is 0 Å².